The summed E-state index contributed by atoms with van der Waals surface area (Å²) in [6.07, 6.45) is 1.92. The van der Waals surface area contributed by atoms with E-state index in [1.54, 1.807) is 4.90 Å². The molecule has 0 spiro atoms. The van der Waals surface area contributed by atoms with Gasteiger partial charge in [-0.15, -0.1) is 0 Å². The molecule has 0 N–H and O–H groups in total. The number of amides is 1. The smallest absolute Gasteiger partial charge is 0.410 e. The molecule has 0 saturated carbocycles. The molecule has 2 atom stereocenters. The Labute approximate surface area is 96.9 Å². The molecular formula is C12H21NO3. The van der Waals surface area contributed by atoms with Crippen molar-refractivity contribution in [3.05, 3.63) is 0 Å². The molecule has 0 bridgehead atoms. The Morgan fingerprint density at radius 2 is 2.12 bits per heavy atom. The van der Waals surface area contributed by atoms with Crippen LogP contribution in [0.2, 0.25) is 0 Å². The number of hydrogen-bond donors (Lipinski definition) is 0. The summed E-state index contributed by atoms with van der Waals surface area (Å²) in [5.74, 6) is 0.373. The van der Waals surface area contributed by atoms with Gasteiger partial charge in [0.25, 0.3) is 0 Å². The molecule has 1 fully saturated rings. The molecule has 16 heavy (non-hydrogen) atoms. The van der Waals surface area contributed by atoms with Gasteiger partial charge in [0.15, 0.2) is 0 Å². The predicted molar refractivity (Wildman–Crippen MR) is 61.2 cm³/mol. The first-order valence-electron chi connectivity index (χ1n) is 5.78. The minimum absolute atomic E-state index is 0.00681. The maximum Gasteiger partial charge on any atom is 0.410 e. The van der Waals surface area contributed by atoms with Gasteiger partial charge in [-0.1, -0.05) is 6.92 Å². The van der Waals surface area contributed by atoms with E-state index in [1.165, 1.54) is 0 Å². The Balaban J connectivity index is 2.64. The maximum atomic E-state index is 11.9. The first-order valence-corrected chi connectivity index (χ1v) is 5.78. The second-order valence-corrected chi connectivity index (χ2v) is 5.41. The third-order valence-corrected chi connectivity index (χ3v) is 2.85. The van der Waals surface area contributed by atoms with Crippen LogP contribution < -0.4 is 0 Å². The van der Waals surface area contributed by atoms with Crippen LogP contribution in [0.25, 0.3) is 0 Å². The summed E-state index contributed by atoms with van der Waals surface area (Å²) in [5.41, 5.74) is -0.478. The lowest BCUT2D eigenvalue weighted by molar-refractivity contribution is -0.108. The fourth-order valence-electron chi connectivity index (χ4n) is 2.01. The van der Waals surface area contributed by atoms with Gasteiger partial charge in [-0.2, -0.15) is 0 Å². The van der Waals surface area contributed by atoms with E-state index in [4.69, 9.17) is 4.74 Å². The van der Waals surface area contributed by atoms with E-state index in [-0.39, 0.29) is 12.1 Å². The highest BCUT2D eigenvalue weighted by Gasteiger charge is 2.36. The van der Waals surface area contributed by atoms with Crippen LogP contribution in [-0.4, -0.2) is 35.5 Å². The molecular weight excluding hydrogens is 206 g/mol. The molecule has 0 aromatic heterocycles. The first-order chi connectivity index (χ1) is 7.35. The minimum atomic E-state index is -0.478. The van der Waals surface area contributed by atoms with Crippen LogP contribution in [0, 0.1) is 5.92 Å². The van der Waals surface area contributed by atoms with Crippen molar-refractivity contribution >= 4 is 12.4 Å². The van der Waals surface area contributed by atoms with Crippen molar-refractivity contribution in [3.8, 4) is 0 Å². The molecule has 1 rings (SSSR count). The molecule has 0 radical (unpaired) electrons. The van der Waals surface area contributed by atoms with Crippen molar-refractivity contribution in [3.63, 3.8) is 0 Å². The number of aldehydes is 1. The third kappa shape index (κ3) is 3.22. The van der Waals surface area contributed by atoms with Crippen molar-refractivity contribution in [2.24, 2.45) is 5.92 Å². The van der Waals surface area contributed by atoms with Crippen LogP contribution in [-0.2, 0) is 9.53 Å². The maximum absolute atomic E-state index is 11.9. The summed E-state index contributed by atoms with van der Waals surface area (Å²) in [4.78, 5) is 24.1. The molecule has 1 aliphatic rings. The monoisotopic (exact) mass is 227 g/mol. The van der Waals surface area contributed by atoms with Gasteiger partial charge in [-0.25, -0.2) is 4.79 Å². The summed E-state index contributed by atoms with van der Waals surface area (Å²) < 4.78 is 5.32. The van der Waals surface area contributed by atoms with E-state index < -0.39 is 5.60 Å². The molecule has 1 amide bonds. The summed E-state index contributed by atoms with van der Waals surface area (Å²) in [6.45, 7) is 8.30. The molecule has 1 heterocycles. The Bertz CT molecular complexity index is 270. The van der Waals surface area contributed by atoms with Crippen molar-refractivity contribution in [2.75, 3.05) is 6.54 Å². The fourth-order valence-corrected chi connectivity index (χ4v) is 2.01. The van der Waals surface area contributed by atoms with E-state index in [0.717, 1.165) is 12.7 Å². The van der Waals surface area contributed by atoms with E-state index in [0.29, 0.717) is 18.9 Å². The summed E-state index contributed by atoms with van der Waals surface area (Å²) >= 11 is 0. The lowest BCUT2D eigenvalue weighted by atomic mass is 10.0. The lowest BCUT2D eigenvalue weighted by Gasteiger charge is -2.29. The van der Waals surface area contributed by atoms with Gasteiger partial charge in [0.05, 0.1) is 0 Å². The van der Waals surface area contributed by atoms with Gasteiger partial charge in [-0.3, -0.25) is 0 Å². The molecule has 0 aromatic rings. The van der Waals surface area contributed by atoms with Gasteiger partial charge < -0.3 is 14.4 Å². The SMILES string of the molecule is C[C@H]1CCN(C(=O)OC(C)(C)C)[C@@H]1CC=O. The highest BCUT2D eigenvalue weighted by atomic mass is 16.6. The second-order valence-electron chi connectivity index (χ2n) is 5.41. The van der Waals surface area contributed by atoms with Gasteiger partial charge in [0, 0.05) is 19.0 Å². The van der Waals surface area contributed by atoms with Crippen molar-refractivity contribution in [1.29, 1.82) is 0 Å². The molecule has 4 heteroatoms. The summed E-state index contributed by atoms with van der Waals surface area (Å²) in [6, 6.07) is 0.00681. The number of likely N-dealkylation sites (tertiary alicyclic amines) is 1. The van der Waals surface area contributed by atoms with E-state index in [2.05, 4.69) is 6.92 Å². The molecule has 4 nitrogen and oxygen atoms in total. The predicted octanol–water partition coefficient (Wildman–Crippen LogP) is 2.22. The van der Waals surface area contributed by atoms with Gasteiger partial charge >= 0.3 is 6.09 Å². The largest absolute Gasteiger partial charge is 0.444 e. The molecule has 0 aromatic carbocycles. The van der Waals surface area contributed by atoms with Crippen molar-refractivity contribution < 1.29 is 14.3 Å². The highest BCUT2D eigenvalue weighted by molar-refractivity contribution is 5.69. The standard InChI is InChI=1S/C12H21NO3/c1-9-5-7-13(10(9)6-8-14)11(15)16-12(2,3)4/h8-10H,5-7H2,1-4H3/t9-,10+/m0/s1. The van der Waals surface area contributed by atoms with Crippen LogP contribution >= 0.6 is 0 Å². The van der Waals surface area contributed by atoms with Crippen molar-refractivity contribution in [2.45, 2.75) is 52.2 Å². The van der Waals surface area contributed by atoms with Crippen molar-refractivity contribution in [1.82, 2.24) is 4.90 Å². The summed E-state index contributed by atoms with van der Waals surface area (Å²) in [7, 11) is 0. The topological polar surface area (TPSA) is 46.6 Å². The fraction of sp³-hybridized carbons (Fsp3) is 0.833. The minimum Gasteiger partial charge on any atom is -0.444 e. The number of hydrogen-bond acceptors (Lipinski definition) is 3. The molecule has 0 unspecified atom stereocenters. The quantitative estimate of drug-likeness (QED) is 0.679. The second kappa shape index (κ2) is 4.85. The molecule has 1 aliphatic heterocycles. The Morgan fingerprint density at radius 3 is 2.62 bits per heavy atom. The normalized spacial score (nSPS) is 25.6. The Kier molecular flexibility index (Phi) is 3.94. The van der Waals surface area contributed by atoms with Gasteiger partial charge in [-0.05, 0) is 33.1 Å². The van der Waals surface area contributed by atoms with E-state index in [9.17, 15) is 9.59 Å². The zero-order valence-corrected chi connectivity index (χ0v) is 10.5. The Morgan fingerprint density at radius 1 is 1.50 bits per heavy atom. The number of carbonyl (C=O) groups is 2. The highest BCUT2D eigenvalue weighted by Crippen LogP contribution is 2.27. The lowest BCUT2D eigenvalue weighted by Crippen LogP contribution is -2.41. The van der Waals surface area contributed by atoms with E-state index >= 15 is 0 Å². The van der Waals surface area contributed by atoms with Crippen LogP contribution in [0.3, 0.4) is 0 Å². The Hall–Kier alpha value is -1.06. The number of nitrogens with zero attached hydrogens (tertiary/aromatic N) is 1. The zero-order chi connectivity index (χ0) is 12.3. The van der Waals surface area contributed by atoms with Gasteiger partial charge in [0.1, 0.15) is 11.9 Å². The number of rotatable bonds is 2. The first kappa shape index (κ1) is 13.0. The van der Waals surface area contributed by atoms with Crippen LogP contribution in [0.5, 0.6) is 0 Å². The van der Waals surface area contributed by atoms with Crippen LogP contribution in [0.15, 0.2) is 0 Å². The summed E-state index contributed by atoms with van der Waals surface area (Å²) in [5, 5.41) is 0. The number of carbonyl (C=O) groups excluding carboxylic acids is 2. The average Bonchev–Trinajstić information content (AvgIpc) is 2.46. The molecule has 0 aliphatic carbocycles. The molecule has 1 saturated heterocycles. The average molecular weight is 227 g/mol. The van der Waals surface area contributed by atoms with Crippen LogP contribution in [0.4, 0.5) is 4.79 Å². The molecule has 92 valence electrons. The third-order valence-electron chi connectivity index (χ3n) is 2.85. The zero-order valence-electron chi connectivity index (χ0n) is 10.5. The number of ether oxygens (including phenoxy) is 1. The van der Waals surface area contributed by atoms with Gasteiger partial charge in [0.2, 0.25) is 0 Å². The van der Waals surface area contributed by atoms with Crippen LogP contribution in [0.1, 0.15) is 40.5 Å². The van der Waals surface area contributed by atoms with E-state index in [1.807, 2.05) is 20.8 Å².